The minimum absolute atomic E-state index is 0.00680. The molecule has 6 nitrogen and oxygen atoms in total. The van der Waals surface area contributed by atoms with Crippen LogP contribution in [-0.2, 0) is 15.4 Å². The largest absolute Gasteiger partial charge is 0.474 e. The van der Waals surface area contributed by atoms with Crippen LogP contribution in [-0.4, -0.2) is 35.9 Å². The van der Waals surface area contributed by atoms with Gasteiger partial charge in [-0.05, 0) is 42.0 Å². The fourth-order valence-electron chi connectivity index (χ4n) is 4.45. The Labute approximate surface area is 173 Å². The van der Waals surface area contributed by atoms with Crippen LogP contribution < -0.4 is 10.5 Å². The Morgan fingerprint density at radius 2 is 1.66 bits per heavy atom. The van der Waals surface area contributed by atoms with Crippen molar-refractivity contribution in [3.8, 4) is 5.88 Å². The Morgan fingerprint density at radius 1 is 1.03 bits per heavy atom. The molecule has 2 atom stereocenters. The van der Waals surface area contributed by atoms with Gasteiger partial charge in [0.05, 0.1) is 16.8 Å². The van der Waals surface area contributed by atoms with Crippen LogP contribution in [0.5, 0.6) is 5.88 Å². The number of nitrogen functional groups attached to an aromatic ring is 1. The van der Waals surface area contributed by atoms with E-state index in [2.05, 4.69) is 25.8 Å². The minimum atomic E-state index is -3.52. The molecule has 2 saturated heterocycles. The standard InChI is InChI=1S/C22H29N3O3S/c1-22(2,3)15-4-9-20(10-5-15)29(26,27)25-17-7-8-18(25)13-19(12-17)28-21-11-6-16(23)14-24-21/h4-6,9-11,14,17-19H,7-8,12-13,23H2,1-3H3. The van der Waals surface area contributed by atoms with Gasteiger partial charge >= 0.3 is 0 Å². The Balaban J connectivity index is 1.50. The minimum Gasteiger partial charge on any atom is -0.474 e. The highest BCUT2D eigenvalue weighted by molar-refractivity contribution is 7.89. The number of nitrogens with two attached hydrogens (primary N) is 1. The normalized spacial score (nSPS) is 25.1. The van der Waals surface area contributed by atoms with Crippen molar-refractivity contribution in [2.75, 3.05) is 5.73 Å². The van der Waals surface area contributed by atoms with Crippen LogP contribution in [0.2, 0.25) is 0 Å². The molecule has 2 aliphatic rings. The third-order valence-electron chi connectivity index (χ3n) is 5.97. The highest BCUT2D eigenvalue weighted by Gasteiger charge is 2.48. The Hall–Kier alpha value is -2.12. The molecule has 29 heavy (non-hydrogen) atoms. The number of aromatic nitrogens is 1. The summed E-state index contributed by atoms with van der Waals surface area (Å²) in [6.07, 6.45) is 4.66. The summed E-state index contributed by atoms with van der Waals surface area (Å²) in [5.74, 6) is 0.540. The van der Waals surface area contributed by atoms with E-state index >= 15 is 0 Å². The summed E-state index contributed by atoms with van der Waals surface area (Å²) in [7, 11) is -3.52. The quantitative estimate of drug-likeness (QED) is 0.822. The number of hydrogen-bond donors (Lipinski definition) is 1. The van der Waals surface area contributed by atoms with Gasteiger partial charge in [-0.25, -0.2) is 13.4 Å². The smallest absolute Gasteiger partial charge is 0.243 e. The van der Waals surface area contributed by atoms with Crippen molar-refractivity contribution >= 4 is 15.7 Å². The number of piperidine rings is 1. The van der Waals surface area contributed by atoms with Crippen molar-refractivity contribution in [2.24, 2.45) is 0 Å². The van der Waals surface area contributed by atoms with E-state index in [1.54, 1.807) is 34.8 Å². The molecule has 0 saturated carbocycles. The van der Waals surface area contributed by atoms with E-state index in [4.69, 9.17) is 10.5 Å². The lowest BCUT2D eigenvalue weighted by molar-refractivity contribution is 0.0918. The summed E-state index contributed by atoms with van der Waals surface area (Å²) in [6, 6.07) is 10.8. The van der Waals surface area contributed by atoms with Gasteiger partial charge in [0, 0.05) is 31.0 Å². The third-order valence-corrected chi connectivity index (χ3v) is 7.98. The molecule has 7 heteroatoms. The zero-order chi connectivity index (χ0) is 20.8. The maximum Gasteiger partial charge on any atom is 0.243 e. The lowest BCUT2D eigenvalue weighted by Gasteiger charge is -2.37. The van der Waals surface area contributed by atoms with Crippen molar-refractivity contribution < 1.29 is 13.2 Å². The fraction of sp³-hybridized carbons (Fsp3) is 0.500. The van der Waals surface area contributed by atoms with Gasteiger partial charge in [-0.1, -0.05) is 32.9 Å². The van der Waals surface area contributed by atoms with E-state index in [-0.39, 0.29) is 23.6 Å². The van der Waals surface area contributed by atoms with E-state index in [1.165, 1.54) is 0 Å². The van der Waals surface area contributed by atoms with E-state index in [1.807, 2.05) is 12.1 Å². The number of sulfonamides is 1. The van der Waals surface area contributed by atoms with Crippen LogP contribution in [0.25, 0.3) is 0 Å². The van der Waals surface area contributed by atoms with Gasteiger partial charge in [-0.15, -0.1) is 0 Å². The third kappa shape index (κ3) is 3.98. The Bertz CT molecular complexity index is 952. The number of benzene rings is 1. The van der Waals surface area contributed by atoms with Crippen LogP contribution >= 0.6 is 0 Å². The fourth-order valence-corrected chi connectivity index (χ4v) is 6.34. The first-order valence-electron chi connectivity index (χ1n) is 10.2. The van der Waals surface area contributed by atoms with Gasteiger partial charge in [0.1, 0.15) is 6.10 Å². The molecule has 2 N–H and O–H groups in total. The maximum absolute atomic E-state index is 13.4. The number of fused-ring (bicyclic) bond motifs is 2. The summed E-state index contributed by atoms with van der Waals surface area (Å²) in [5, 5.41) is 0. The topological polar surface area (TPSA) is 85.5 Å². The molecule has 2 aromatic rings. The van der Waals surface area contributed by atoms with Gasteiger partial charge in [-0.2, -0.15) is 4.31 Å². The molecule has 1 aromatic carbocycles. The van der Waals surface area contributed by atoms with Gasteiger partial charge in [0.15, 0.2) is 0 Å². The van der Waals surface area contributed by atoms with Gasteiger partial charge < -0.3 is 10.5 Å². The first-order chi connectivity index (χ1) is 13.6. The summed E-state index contributed by atoms with van der Waals surface area (Å²) in [6.45, 7) is 6.37. The Kier molecular flexibility index (Phi) is 5.07. The molecule has 2 aliphatic heterocycles. The number of rotatable bonds is 4. The molecular formula is C22H29N3O3S. The molecular weight excluding hydrogens is 386 g/mol. The van der Waals surface area contributed by atoms with E-state index in [0.29, 0.717) is 29.3 Å². The summed E-state index contributed by atoms with van der Waals surface area (Å²) >= 11 is 0. The van der Waals surface area contributed by atoms with Crippen molar-refractivity contribution in [3.05, 3.63) is 48.2 Å². The molecule has 156 valence electrons. The van der Waals surface area contributed by atoms with Crippen LogP contribution in [0, 0.1) is 0 Å². The molecule has 0 spiro atoms. The SMILES string of the molecule is CC(C)(C)c1ccc(S(=O)(=O)N2C3CCC2CC(Oc2ccc(N)cn2)C3)cc1. The second-order valence-corrected chi connectivity index (χ2v) is 11.0. The number of hydrogen-bond acceptors (Lipinski definition) is 5. The predicted octanol–water partition coefficient (Wildman–Crippen LogP) is 3.72. The Morgan fingerprint density at radius 3 is 2.17 bits per heavy atom. The second kappa shape index (κ2) is 7.29. The summed E-state index contributed by atoms with van der Waals surface area (Å²) in [4.78, 5) is 4.58. The molecule has 2 fully saturated rings. The number of nitrogens with zero attached hydrogens (tertiary/aromatic N) is 2. The second-order valence-electron chi connectivity index (χ2n) is 9.14. The number of anilines is 1. The lowest BCUT2D eigenvalue weighted by atomic mass is 9.87. The van der Waals surface area contributed by atoms with Crippen molar-refractivity contribution in [1.82, 2.24) is 9.29 Å². The lowest BCUT2D eigenvalue weighted by Crippen LogP contribution is -2.49. The van der Waals surface area contributed by atoms with Gasteiger partial charge in [0.2, 0.25) is 15.9 Å². The molecule has 1 aromatic heterocycles. The first-order valence-corrected chi connectivity index (χ1v) is 11.6. The van der Waals surface area contributed by atoms with Crippen LogP contribution in [0.4, 0.5) is 5.69 Å². The zero-order valence-corrected chi connectivity index (χ0v) is 18.0. The highest BCUT2D eigenvalue weighted by Crippen LogP contribution is 2.41. The van der Waals surface area contributed by atoms with Crippen molar-refractivity contribution in [2.45, 2.75) is 75.0 Å². The van der Waals surface area contributed by atoms with Crippen LogP contribution in [0.15, 0.2) is 47.5 Å². The molecule has 0 amide bonds. The van der Waals surface area contributed by atoms with Gasteiger partial charge in [0.25, 0.3) is 0 Å². The van der Waals surface area contributed by atoms with Crippen molar-refractivity contribution in [1.29, 1.82) is 0 Å². The molecule has 0 radical (unpaired) electrons. The highest BCUT2D eigenvalue weighted by atomic mass is 32.2. The molecule has 2 unspecified atom stereocenters. The summed E-state index contributed by atoms with van der Waals surface area (Å²) in [5.41, 5.74) is 7.39. The predicted molar refractivity (Wildman–Crippen MR) is 113 cm³/mol. The number of ether oxygens (including phenoxy) is 1. The molecule has 2 bridgehead atoms. The van der Waals surface area contributed by atoms with Crippen LogP contribution in [0.1, 0.15) is 52.0 Å². The molecule has 4 rings (SSSR count). The molecule has 0 aliphatic carbocycles. The maximum atomic E-state index is 13.4. The molecule has 3 heterocycles. The average Bonchev–Trinajstić information content (AvgIpc) is 2.95. The van der Waals surface area contributed by atoms with E-state index in [9.17, 15) is 8.42 Å². The summed E-state index contributed by atoms with van der Waals surface area (Å²) < 4.78 is 34.5. The van der Waals surface area contributed by atoms with E-state index in [0.717, 1.165) is 18.4 Å². The van der Waals surface area contributed by atoms with Crippen LogP contribution in [0.3, 0.4) is 0 Å². The number of pyridine rings is 1. The van der Waals surface area contributed by atoms with E-state index < -0.39 is 10.0 Å². The van der Waals surface area contributed by atoms with Crippen molar-refractivity contribution in [3.63, 3.8) is 0 Å². The average molecular weight is 416 g/mol. The zero-order valence-electron chi connectivity index (χ0n) is 17.2. The monoisotopic (exact) mass is 415 g/mol. The van der Waals surface area contributed by atoms with Gasteiger partial charge in [-0.3, -0.25) is 0 Å². The first kappa shape index (κ1) is 20.2.